The van der Waals surface area contributed by atoms with Gasteiger partial charge < -0.3 is 19.8 Å². The topological polar surface area (TPSA) is 80.6 Å². The Hall–Kier alpha value is -1.98. The molecule has 1 fully saturated rings. The zero-order chi connectivity index (χ0) is 17.8. The second kappa shape index (κ2) is 7.28. The maximum Gasteiger partial charge on any atom is 0.407 e. The molecule has 0 radical (unpaired) electrons. The minimum Gasteiger partial charge on any atom is -0.469 e. The maximum absolute atomic E-state index is 12.3. The lowest BCUT2D eigenvalue weighted by atomic mass is 9.95. The fraction of sp³-hybridized carbons (Fsp3) is 0.667. The molecule has 24 heavy (non-hydrogen) atoms. The molecule has 1 atom stereocenters. The van der Waals surface area contributed by atoms with Crippen LogP contribution in [0.4, 0.5) is 4.79 Å². The predicted molar refractivity (Wildman–Crippen MR) is 90.5 cm³/mol. The predicted octanol–water partition coefficient (Wildman–Crippen LogP) is 3.02. The number of alkyl carbamates (subject to hydrolysis) is 1. The summed E-state index contributed by atoms with van der Waals surface area (Å²) in [4.78, 5) is 24.1. The second-order valence-corrected chi connectivity index (χ2v) is 7.67. The third-order valence-electron chi connectivity index (χ3n) is 4.08. The third kappa shape index (κ3) is 5.91. The first-order chi connectivity index (χ1) is 11.2. The summed E-state index contributed by atoms with van der Waals surface area (Å²) < 4.78 is 10.5. The lowest BCUT2D eigenvalue weighted by Gasteiger charge is -2.32. The zero-order valence-corrected chi connectivity index (χ0v) is 15.0. The summed E-state index contributed by atoms with van der Waals surface area (Å²) in [7, 11) is 0. The molecule has 0 aromatic carbocycles. The number of hydrogen-bond donors (Lipinski definition) is 2. The molecule has 6 nitrogen and oxygen atoms in total. The molecule has 2 N–H and O–H groups in total. The summed E-state index contributed by atoms with van der Waals surface area (Å²) in [5.74, 6) is 1.15. The molecular weight excluding hydrogens is 308 g/mol. The van der Waals surface area contributed by atoms with Gasteiger partial charge >= 0.3 is 6.09 Å². The van der Waals surface area contributed by atoms with E-state index in [0.29, 0.717) is 25.3 Å². The molecule has 1 aliphatic carbocycles. The molecule has 0 aliphatic heterocycles. The van der Waals surface area contributed by atoms with Crippen molar-refractivity contribution in [3.63, 3.8) is 0 Å². The third-order valence-corrected chi connectivity index (χ3v) is 4.08. The lowest BCUT2D eigenvalue weighted by molar-refractivity contribution is -0.123. The Kier molecular flexibility index (Phi) is 5.57. The Morgan fingerprint density at radius 1 is 1.29 bits per heavy atom. The van der Waals surface area contributed by atoms with Crippen molar-refractivity contribution in [2.75, 3.05) is 6.54 Å². The number of rotatable bonds is 7. The lowest BCUT2D eigenvalue weighted by Crippen LogP contribution is -2.55. The molecule has 2 rings (SSSR count). The van der Waals surface area contributed by atoms with Crippen molar-refractivity contribution in [2.24, 2.45) is 5.92 Å². The Bertz CT molecular complexity index is 558. The van der Waals surface area contributed by atoms with E-state index in [1.54, 1.807) is 6.26 Å². The molecule has 1 heterocycles. The van der Waals surface area contributed by atoms with Crippen LogP contribution in [0.15, 0.2) is 22.8 Å². The van der Waals surface area contributed by atoms with Crippen molar-refractivity contribution in [1.29, 1.82) is 0 Å². The highest BCUT2D eigenvalue weighted by molar-refractivity contribution is 5.77. The summed E-state index contributed by atoms with van der Waals surface area (Å²) >= 11 is 0. The van der Waals surface area contributed by atoms with E-state index in [4.69, 9.17) is 9.15 Å². The van der Waals surface area contributed by atoms with Crippen LogP contribution in [0.1, 0.15) is 52.7 Å². The molecule has 1 aromatic rings. The number of carbonyl (C=O) groups excluding carboxylic acids is 2. The van der Waals surface area contributed by atoms with Gasteiger partial charge in [-0.05, 0) is 58.6 Å². The molecule has 0 saturated heterocycles. The van der Waals surface area contributed by atoms with Gasteiger partial charge in [0.2, 0.25) is 5.91 Å². The van der Waals surface area contributed by atoms with Gasteiger partial charge in [0.15, 0.2) is 0 Å². The van der Waals surface area contributed by atoms with Gasteiger partial charge in [-0.15, -0.1) is 0 Å². The monoisotopic (exact) mass is 336 g/mol. The number of nitrogens with one attached hydrogen (secondary N) is 2. The summed E-state index contributed by atoms with van der Waals surface area (Å²) in [6, 6.07) is 3.67. The van der Waals surface area contributed by atoms with E-state index in [0.717, 1.165) is 18.6 Å². The van der Waals surface area contributed by atoms with Crippen LogP contribution in [-0.4, -0.2) is 29.7 Å². The van der Waals surface area contributed by atoms with Crippen LogP contribution < -0.4 is 10.6 Å². The average molecular weight is 336 g/mol. The molecule has 0 spiro atoms. The van der Waals surface area contributed by atoms with Gasteiger partial charge in [0.1, 0.15) is 11.4 Å². The number of furan rings is 1. The van der Waals surface area contributed by atoms with Crippen LogP contribution in [0.3, 0.4) is 0 Å². The SMILES string of the molecule is CC(C)(C)OC(=O)NCC(C)(NC(=O)CCc1ccco1)C1CC1. The first-order valence-corrected chi connectivity index (χ1v) is 8.48. The number of hydrogen-bond acceptors (Lipinski definition) is 4. The van der Waals surface area contributed by atoms with E-state index >= 15 is 0 Å². The van der Waals surface area contributed by atoms with E-state index in [-0.39, 0.29) is 5.91 Å². The van der Waals surface area contributed by atoms with Gasteiger partial charge in [0.25, 0.3) is 0 Å². The molecule has 1 saturated carbocycles. The first kappa shape index (κ1) is 18.4. The Balaban J connectivity index is 1.83. The van der Waals surface area contributed by atoms with Gasteiger partial charge in [0, 0.05) is 19.4 Å². The van der Waals surface area contributed by atoms with E-state index in [2.05, 4.69) is 10.6 Å². The molecule has 1 aliphatic rings. The van der Waals surface area contributed by atoms with Crippen LogP contribution in [0.2, 0.25) is 0 Å². The van der Waals surface area contributed by atoms with Crippen LogP contribution in [0.5, 0.6) is 0 Å². The normalized spacial score (nSPS) is 17.0. The molecule has 134 valence electrons. The standard InChI is InChI=1S/C18H28N2O4/c1-17(2,3)24-16(22)19-12-18(4,13-7-8-13)20-15(21)10-9-14-6-5-11-23-14/h5-6,11,13H,7-10,12H2,1-4H3,(H,19,22)(H,20,21). The molecular formula is C18H28N2O4. The number of carbonyl (C=O) groups is 2. The minimum atomic E-state index is -0.535. The minimum absolute atomic E-state index is 0.0354. The van der Waals surface area contributed by atoms with Crippen molar-refractivity contribution >= 4 is 12.0 Å². The maximum atomic E-state index is 12.3. The van der Waals surface area contributed by atoms with Crippen molar-refractivity contribution in [2.45, 2.75) is 64.5 Å². The summed E-state index contributed by atoms with van der Waals surface area (Å²) in [5, 5.41) is 5.87. The molecule has 1 unspecified atom stereocenters. The molecule has 6 heteroatoms. The van der Waals surface area contributed by atoms with Crippen molar-refractivity contribution in [3.8, 4) is 0 Å². The molecule has 2 amide bonds. The fourth-order valence-electron chi connectivity index (χ4n) is 2.65. The van der Waals surface area contributed by atoms with E-state index in [9.17, 15) is 9.59 Å². The van der Waals surface area contributed by atoms with Gasteiger partial charge in [-0.3, -0.25) is 4.79 Å². The van der Waals surface area contributed by atoms with Crippen LogP contribution in [0.25, 0.3) is 0 Å². The Morgan fingerprint density at radius 3 is 2.54 bits per heavy atom. The van der Waals surface area contributed by atoms with Crippen molar-refractivity contribution in [3.05, 3.63) is 24.2 Å². The molecule has 1 aromatic heterocycles. The quantitative estimate of drug-likeness (QED) is 0.802. The molecule has 0 bridgehead atoms. The largest absolute Gasteiger partial charge is 0.469 e. The van der Waals surface area contributed by atoms with E-state index in [1.165, 1.54) is 0 Å². The zero-order valence-electron chi connectivity index (χ0n) is 15.0. The highest BCUT2D eigenvalue weighted by Crippen LogP contribution is 2.39. The van der Waals surface area contributed by atoms with Crippen molar-refractivity contribution < 1.29 is 18.7 Å². The van der Waals surface area contributed by atoms with E-state index < -0.39 is 17.2 Å². The number of amides is 2. The van der Waals surface area contributed by atoms with Gasteiger partial charge in [-0.1, -0.05) is 0 Å². The van der Waals surface area contributed by atoms with Crippen molar-refractivity contribution in [1.82, 2.24) is 10.6 Å². The number of ether oxygens (including phenoxy) is 1. The van der Waals surface area contributed by atoms with Gasteiger partial charge in [-0.2, -0.15) is 0 Å². The Morgan fingerprint density at radius 2 is 2.00 bits per heavy atom. The number of aryl methyl sites for hydroxylation is 1. The Labute approximate surface area is 143 Å². The average Bonchev–Trinajstić information content (AvgIpc) is 3.20. The van der Waals surface area contributed by atoms with Crippen LogP contribution in [-0.2, 0) is 16.0 Å². The highest BCUT2D eigenvalue weighted by atomic mass is 16.6. The van der Waals surface area contributed by atoms with Gasteiger partial charge in [0.05, 0.1) is 11.8 Å². The van der Waals surface area contributed by atoms with Crippen LogP contribution >= 0.6 is 0 Å². The summed E-state index contributed by atoms with van der Waals surface area (Å²) in [6.07, 6.45) is 4.20. The smallest absolute Gasteiger partial charge is 0.407 e. The summed E-state index contributed by atoms with van der Waals surface area (Å²) in [5.41, 5.74) is -0.983. The highest BCUT2D eigenvalue weighted by Gasteiger charge is 2.42. The van der Waals surface area contributed by atoms with E-state index in [1.807, 2.05) is 39.8 Å². The summed E-state index contributed by atoms with van der Waals surface area (Å²) in [6.45, 7) is 7.81. The fourth-order valence-corrected chi connectivity index (χ4v) is 2.65. The first-order valence-electron chi connectivity index (χ1n) is 8.48. The van der Waals surface area contributed by atoms with Gasteiger partial charge in [-0.25, -0.2) is 4.79 Å². The van der Waals surface area contributed by atoms with Crippen LogP contribution in [0, 0.1) is 5.92 Å². The second-order valence-electron chi connectivity index (χ2n) is 7.67.